The Morgan fingerprint density at radius 3 is 2.46 bits per heavy atom. The van der Waals surface area contributed by atoms with Crippen molar-refractivity contribution >= 4 is 38.6 Å². The van der Waals surface area contributed by atoms with E-state index in [0.29, 0.717) is 18.6 Å². The Bertz CT molecular complexity index is 834. The number of carbonyl (C=O) groups is 1. The van der Waals surface area contributed by atoms with Gasteiger partial charge in [-0.15, -0.1) is 5.11 Å². The molecule has 2 amide bonds. The Labute approximate surface area is 162 Å². The fourth-order valence-corrected chi connectivity index (χ4v) is 4.08. The van der Waals surface area contributed by atoms with E-state index in [2.05, 4.69) is 58.8 Å². The molecule has 1 aromatic carbocycles. The van der Waals surface area contributed by atoms with Crippen LogP contribution in [0, 0.1) is 6.92 Å². The molecule has 3 N–H and O–H groups in total. The van der Waals surface area contributed by atoms with Crippen molar-refractivity contribution < 1.29 is 9.90 Å². The number of azo groups is 1. The number of rotatable bonds is 6. The first-order valence-corrected chi connectivity index (χ1v) is 9.41. The van der Waals surface area contributed by atoms with Crippen LogP contribution in [0.5, 0.6) is 5.88 Å². The number of carbonyl (C=O) groups excluding carboxylic acids is 1. The summed E-state index contributed by atoms with van der Waals surface area (Å²) in [7, 11) is 0. The number of fused-ring (bicyclic) bond motifs is 1. The molecule has 0 unspecified atom stereocenters. The number of hydrogen-bond acceptors (Lipinski definition) is 4. The molecule has 0 spiro atoms. The minimum absolute atomic E-state index is 0.0243. The van der Waals surface area contributed by atoms with Crippen LogP contribution < -0.4 is 5.73 Å². The lowest BCUT2D eigenvalue weighted by molar-refractivity contribution is 0.167. The molecule has 0 aliphatic rings. The maximum absolute atomic E-state index is 11.0. The summed E-state index contributed by atoms with van der Waals surface area (Å²) in [5.41, 5.74) is 7.14. The first kappa shape index (κ1) is 20.4. The monoisotopic (exact) mass is 423 g/mol. The Morgan fingerprint density at radius 2 is 1.92 bits per heavy atom. The average molecular weight is 424 g/mol. The molecule has 1 heterocycles. The number of amides is 2. The van der Waals surface area contributed by atoms with Crippen LogP contribution >= 0.6 is 15.9 Å². The third-order valence-corrected chi connectivity index (χ3v) is 4.96. The van der Waals surface area contributed by atoms with Crippen molar-refractivity contribution in [3.05, 3.63) is 22.2 Å². The standard InChI is InChI=1S/C18H26BrN5O2/c1-10(2)23(11(3)4)6-7-24-16-13(8-12(5)9-14(16)19)15(17(24)25)21-22-18(20)26/h8-11,25H,6-7H2,1-5H3,(H2,20,26). The van der Waals surface area contributed by atoms with Gasteiger partial charge in [-0.25, -0.2) is 4.79 Å². The number of nitrogens with zero attached hydrogens (tertiary/aromatic N) is 4. The van der Waals surface area contributed by atoms with Crippen LogP contribution in [0.25, 0.3) is 10.9 Å². The molecule has 0 fully saturated rings. The van der Waals surface area contributed by atoms with Gasteiger partial charge in [0.1, 0.15) is 0 Å². The molecular weight excluding hydrogens is 398 g/mol. The summed E-state index contributed by atoms with van der Waals surface area (Å²) >= 11 is 3.58. The molecule has 2 aromatic rings. The van der Waals surface area contributed by atoms with E-state index < -0.39 is 6.03 Å². The van der Waals surface area contributed by atoms with Gasteiger partial charge in [-0.1, -0.05) is 5.11 Å². The first-order valence-electron chi connectivity index (χ1n) is 8.61. The summed E-state index contributed by atoms with van der Waals surface area (Å²) in [6, 6.07) is 3.77. The topological polar surface area (TPSA) is 96.2 Å². The summed E-state index contributed by atoms with van der Waals surface area (Å²) in [5.74, 6) is -0.0243. The maximum Gasteiger partial charge on any atom is 0.356 e. The minimum atomic E-state index is -0.900. The van der Waals surface area contributed by atoms with Gasteiger partial charge in [-0.2, -0.15) is 0 Å². The van der Waals surface area contributed by atoms with E-state index in [1.807, 2.05) is 19.1 Å². The third kappa shape index (κ3) is 4.24. The van der Waals surface area contributed by atoms with E-state index in [0.717, 1.165) is 27.5 Å². The molecule has 0 bridgehead atoms. The zero-order valence-corrected chi connectivity index (χ0v) is 17.4. The Morgan fingerprint density at radius 1 is 1.31 bits per heavy atom. The molecular formula is C18H26BrN5O2. The van der Waals surface area contributed by atoms with Crippen molar-refractivity contribution in [2.24, 2.45) is 16.0 Å². The quantitative estimate of drug-likeness (QED) is 0.658. The van der Waals surface area contributed by atoms with E-state index in [1.165, 1.54) is 0 Å². The molecule has 142 valence electrons. The zero-order chi connectivity index (χ0) is 19.6. The van der Waals surface area contributed by atoms with Crippen LogP contribution in [-0.2, 0) is 6.54 Å². The van der Waals surface area contributed by atoms with Crippen molar-refractivity contribution in [3.63, 3.8) is 0 Å². The van der Waals surface area contributed by atoms with Gasteiger partial charge in [0.05, 0.1) is 5.52 Å². The van der Waals surface area contributed by atoms with Crippen molar-refractivity contribution in [2.45, 2.75) is 53.2 Å². The Hall–Kier alpha value is -1.93. The maximum atomic E-state index is 11.0. The minimum Gasteiger partial charge on any atom is -0.493 e. The lowest BCUT2D eigenvalue weighted by Gasteiger charge is -2.30. The summed E-state index contributed by atoms with van der Waals surface area (Å²) < 4.78 is 2.65. The van der Waals surface area contributed by atoms with Gasteiger partial charge in [0.15, 0.2) is 5.69 Å². The molecule has 7 nitrogen and oxygen atoms in total. The van der Waals surface area contributed by atoms with Crippen molar-refractivity contribution in [1.82, 2.24) is 9.47 Å². The molecule has 0 saturated heterocycles. The summed E-state index contributed by atoms with van der Waals surface area (Å²) in [6.45, 7) is 11.9. The Balaban J connectivity index is 2.55. The smallest absolute Gasteiger partial charge is 0.356 e. The number of halogens is 1. The van der Waals surface area contributed by atoms with Crippen molar-refractivity contribution in [3.8, 4) is 5.88 Å². The molecule has 0 atom stereocenters. The summed E-state index contributed by atoms with van der Waals surface area (Å²) in [6.07, 6.45) is 0. The van der Waals surface area contributed by atoms with Gasteiger partial charge in [-0.3, -0.25) is 4.90 Å². The van der Waals surface area contributed by atoms with Crippen LogP contribution in [0.3, 0.4) is 0 Å². The lowest BCUT2D eigenvalue weighted by atomic mass is 10.1. The van der Waals surface area contributed by atoms with Crippen LogP contribution in [0.15, 0.2) is 26.8 Å². The van der Waals surface area contributed by atoms with Gasteiger partial charge in [0.25, 0.3) is 0 Å². The van der Waals surface area contributed by atoms with E-state index >= 15 is 0 Å². The number of nitrogens with two attached hydrogens (primary N) is 1. The van der Waals surface area contributed by atoms with Crippen LogP contribution in [0.4, 0.5) is 10.5 Å². The van der Waals surface area contributed by atoms with Crippen LogP contribution in [0.1, 0.15) is 33.3 Å². The van der Waals surface area contributed by atoms with Crippen molar-refractivity contribution in [1.29, 1.82) is 0 Å². The molecule has 2 rings (SSSR count). The highest BCUT2D eigenvalue weighted by Crippen LogP contribution is 2.42. The normalized spacial score (nSPS) is 12.3. The second-order valence-corrected chi connectivity index (χ2v) is 7.78. The third-order valence-electron chi connectivity index (χ3n) is 4.36. The number of urea groups is 1. The molecule has 26 heavy (non-hydrogen) atoms. The van der Waals surface area contributed by atoms with Crippen molar-refractivity contribution in [2.75, 3.05) is 6.54 Å². The number of primary amides is 1. The highest BCUT2D eigenvalue weighted by molar-refractivity contribution is 9.10. The summed E-state index contributed by atoms with van der Waals surface area (Å²) in [5, 5.41) is 18.7. The second kappa shape index (κ2) is 8.18. The molecule has 0 radical (unpaired) electrons. The second-order valence-electron chi connectivity index (χ2n) is 6.93. The van der Waals surface area contributed by atoms with Gasteiger partial charge >= 0.3 is 6.03 Å². The highest BCUT2D eigenvalue weighted by atomic mass is 79.9. The first-order chi connectivity index (χ1) is 12.1. The molecule has 0 aliphatic heterocycles. The van der Waals surface area contributed by atoms with E-state index in [1.54, 1.807) is 4.57 Å². The lowest BCUT2D eigenvalue weighted by Crippen LogP contribution is -2.39. The zero-order valence-electron chi connectivity index (χ0n) is 15.8. The highest BCUT2D eigenvalue weighted by Gasteiger charge is 2.21. The largest absolute Gasteiger partial charge is 0.493 e. The van der Waals surface area contributed by atoms with Gasteiger partial charge < -0.3 is 15.4 Å². The fraction of sp³-hybridized carbons (Fsp3) is 0.500. The van der Waals surface area contributed by atoms with Gasteiger partial charge in [-0.05, 0) is 68.2 Å². The van der Waals surface area contributed by atoms with E-state index in [-0.39, 0.29) is 11.6 Å². The predicted molar refractivity (Wildman–Crippen MR) is 107 cm³/mol. The average Bonchev–Trinajstić information content (AvgIpc) is 2.76. The molecule has 0 aliphatic carbocycles. The SMILES string of the molecule is Cc1cc(Br)c2c(c1)c(N=NC(N)=O)c(O)n2CCN(C(C)C)C(C)C. The van der Waals surface area contributed by atoms with Gasteiger partial charge in [0.2, 0.25) is 5.88 Å². The number of benzene rings is 1. The van der Waals surface area contributed by atoms with Crippen LogP contribution in [0.2, 0.25) is 0 Å². The molecule has 0 saturated carbocycles. The number of aryl methyl sites for hydroxylation is 1. The number of aromatic nitrogens is 1. The molecule has 8 heteroatoms. The summed E-state index contributed by atoms with van der Waals surface area (Å²) in [4.78, 5) is 13.3. The Kier molecular flexibility index (Phi) is 6.41. The fourth-order valence-electron chi connectivity index (χ4n) is 3.29. The number of aromatic hydroxyl groups is 1. The van der Waals surface area contributed by atoms with Gasteiger partial charge in [0, 0.05) is 35.0 Å². The van der Waals surface area contributed by atoms with E-state index in [9.17, 15) is 9.90 Å². The molecule has 1 aromatic heterocycles. The van der Waals surface area contributed by atoms with Crippen LogP contribution in [-0.4, -0.2) is 39.2 Å². The number of hydrogen-bond donors (Lipinski definition) is 2. The predicted octanol–water partition coefficient (Wildman–Crippen LogP) is 4.70. The van der Waals surface area contributed by atoms with E-state index in [4.69, 9.17) is 5.73 Å².